The van der Waals surface area contributed by atoms with Crippen molar-refractivity contribution >= 4 is 23.1 Å². The van der Waals surface area contributed by atoms with Crippen LogP contribution in [0.1, 0.15) is 25.0 Å². The Morgan fingerprint density at radius 3 is 2.74 bits per heavy atom. The molecule has 1 saturated heterocycles. The van der Waals surface area contributed by atoms with Crippen LogP contribution in [0.5, 0.6) is 0 Å². The summed E-state index contributed by atoms with van der Waals surface area (Å²) in [6.45, 7) is 5.12. The molecule has 0 radical (unpaired) electrons. The van der Waals surface area contributed by atoms with Crippen LogP contribution in [-0.2, 0) is 0 Å². The maximum absolute atomic E-state index is 5.94. The second-order valence-corrected chi connectivity index (χ2v) is 5.64. The molecule has 1 aromatic heterocycles. The zero-order chi connectivity index (χ0) is 13.8. The van der Waals surface area contributed by atoms with Gasteiger partial charge in [-0.3, -0.25) is 0 Å². The lowest BCUT2D eigenvalue weighted by molar-refractivity contribution is 0.215. The van der Waals surface area contributed by atoms with Gasteiger partial charge in [0.1, 0.15) is 0 Å². The third-order valence-corrected chi connectivity index (χ3v) is 3.96. The lowest BCUT2D eigenvalue weighted by Crippen LogP contribution is -2.30. The van der Waals surface area contributed by atoms with Crippen molar-refractivity contribution in [3.05, 3.63) is 11.0 Å². The van der Waals surface area contributed by atoms with E-state index in [4.69, 9.17) is 17.3 Å². The topological polar surface area (TPSA) is 67.1 Å². The van der Waals surface area contributed by atoms with E-state index >= 15 is 0 Å². The van der Waals surface area contributed by atoms with E-state index in [1.165, 1.54) is 25.9 Å². The molecule has 0 bridgehead atoms. The van der Waals surface area contributed by atoms with Gasteiger partial charge in [-0.25, -0.2) is 4.98 Å². The molecule has 1 aliphatic heterocycles. The quantitative estimate of drug-likeness (QED) is 0.829. The zero-order valence-corrected chi connectivity index (χ0v) is 12.4. The van der Waals surface area contributed by atoms with E-state index in [2.05, 4.69) is 27.2 Å². The number of nitrogens with two attached hydrogens (primary N) is 1. The fraction of sp³-hybridized carbons (Fsp3) is 0.692. The molecule has 0 spiro atoms. The Bertz CT molecular complexity index is 429. The smallest absolute Gasteiger partial charge is 0.224 e. The first-order valence-electron chi connectivity index (χ1n) is 6.78. The monoisotopic (exact) mass is 283 g/mol. The van der Waals surface area contributed by atoms with Gasteiger partial charge < -0.3 is 16.0 Å². The Morgan fingerprint density at radius 2 is 2.05 bits per heavy atom. The highest BCUT2D eigenvalue weighted by Gasteiger charge is 2.16. The summed E-state index contributed by atoms with van der Waals surface area (Å²) in [5.41, 5.74) is 7.25. The standard InChI is InChI=1S/C13H22ClN5/c1-9-11(15)12(18-13(14)17-9)16-6-3-10-4-7-19(2)8-5-10/h10H,3-8,15H2,1-2H3,(H,16,17,18). The van der Waals surface area contributed by atoms with E-state index in [0.717, 1.165) is 24.6 Å². The number of rotatable bonds is 4. The third kappa shape index (κ3) is 3.94. The Labute approximate surface area is 119 Å². The van der Waals surface area contributed by atoms with Gasteiger partial charge in [-0.1, -0.05) is 0 Å². The minimum atomic E-state index is 0.244. The first-order valence-corrected chi connectivity index (χ1v) is 7.16. The maximum atomic E-state index is 5.94. The molecule has 0 unspecified atom stereocenters. The van der Waals surface area contributed by atoms with Crippen molar-refractivity contribution in [2.24, 2.45) is 5.92 Å². The molecule has 0 saturated carbocycles. The molecule has 0 atom stereocenters. The average Bonchev–Trinajstić information content (AvgIpc) is 2.37. The number of likely N-dealkylation sites (tertiary alicyclic amines) is 1. The van der Waals surface area contributed by atoms with Gasteiger partial charge in [0.05, 0.1) is 11.4 Å². The van der Waals surface area contributed by atoms with Crippen molar-refractivity contribution in [3.8, 4) is 0 Å². The molecule has 2 heterocycles. The number of anilines is 2. The third-order valence-electron chi connectivity index (χ3n) is 3.79. The van der Waals surface area contributed by atoms with E-state index in [1.807, 2.05) is 6.92 Å². The van der Waals surface area contributed by atoms with Gasteiger partial charge in [-0.05, 0) is 63.8 Å². The largest absolute Gasteiger partial charge is 0.394 e. The van der Waals surface area contributed by atoms with Crippen LogP contribution in [0.25, 0.3) is 0 Å². The fourth-order valence-corrected chi connectivity index (χ4v) is 2.64. The second kappa shape index (κ2) is 6.39. The molecule has 1 aliphatic rings. The summed E-state index contributed by atoms with van der Waals surface area (Å²) in [6, 6.07) is 0. The summed E-state index contributed by atoms with van der Waals surface area (Å²) in [4.78, 5) is 10.5. The Morgan fingerprint density at radius 1 is 1.37 bits per heavy atom. The first kappa shape index (κ1) is 14.3. The van der Waals surface area contributed by atoms with Crippen molar-refractivity contribution in [1.82, 2.24) is 14.9 Å². The van der Waals surface area contributed by atoms with Crippen molar-refractivity contribution in [2.45, 2.75) is 26.2 Å². The van der Waals surface area contributed by atoms with Crippen LogP contribution in [0.15, 0.2) is 0 Å². The van der Waals surface area contributed by atoms with Crippen molar-refractivity contribution in [3.63, 3.8) is 0 Å². The van der Waals surface area contributed by atoms with Gasteiger partial charge in [-0.15, -0.1) is 0 Å². The number of hydrogen-bond acceptors (Lipinski definition) is 5. The summed E-state index contributed by atoms with van der Waals surface area (Å²) in [5, 5.41) is 3.52. The highest BCUT2D eigenvalue weighted by Crippen LogP contribution is 2.22. The Balaban J connectivity index is 1.83. The number of nitrogens with one attached hydrogen (secondary N) is 1. The molecule has 1 aromatic rings. The van der Waals surface area contributed by atoms with E-state index in [0.29, 0.717) is 11.5 Å². The van der Waals surface area contributed by atoms with Crippen LogP contribution in [0.3, 0.4) is 0 Å². The minimum absolute atomic E-state index is 0.244. The number of nitrogen functional groups attached to an aromatic ring is 1. The molecule has 1 fully saturated rings. The van der Waals surface area contributed by atoms with Crippen molar-refractivity contribution < 1.29 is 0 Å². The number of aromatic nitrogens is 2. The summed E-state index contributed by atoms with van der Waals surface area (Å²) in [5.74, 6) is 1.45. The average molecular weight is 284 g/mol. The normalized spacial score (nSPS) is 17.6. The molecule has 6 heteroatoms. The summed E-state index contributed by atoms with van der Waals surface area (Å²) in [7, 11) is 2.18. The summed E-state index contributed by atoms with van der Waals surface area (Å²) >= 11 is 5.84. The van der Waals surface area contributed by atoms with E-state index in [9.17, 15) is 0 Å². The van der Waals surface area contributed by atoms with E-state index in [1.54, 1.807) is 0 Å². The van der Waals surface area contributed by atoms with Crippen molar-refractivity contribution in [2.75, 3.05) is 37.7 Å². The van der Waals surface area contributed by atoms with E-state index < -0.39 is 0 Å². The first-order chi connectivity index (χ1) is 9.06. The second-order valence-electron chi connectivity index (χ2n) is 5.30. The van der Waals surface area contributed by atoms with Gasteiger partial charge >= 0.3 is 0 Å². The van der Waals surface area contributed by atoms with Crippen LogP contribution >= 0.6 is 11.6 Å². The molecule has 0 amide bonds. The molecule has 0 aromatic carbocycles. The Hall–Kier alpha value is -1.07. The van der Waals surface area contributed by atoms with Crippen LogP contribution in [0.2, 0.25) is 5.28 Å². The number of aryl methyl sites for hydroxylation is 1. The molecule has 106 valence electrons. The van der Waals surface area contributed by atoms with Crippen molar-refractivity contribution in [1.29, 1.82) is 0 Å². The van der Waals surface area contributed by atoms with Gasteiger partial charge in [-0.2, -0.15) is 4.98 Å². The summed E-state index contributed by atoms with van der Waals surface area (Å²) < 4.78 is 0. The number of nitrogens with zero attached hydrogens (tertiary/aromatic N) is 3. The van der Waals surface area contributed by atoms with Gasteiger partial charge in [0, 0.05) is 6.54 Å². The molecule has 19 heavy (non-hydrogen) atoms. The van der Waals surface area contributed by atoms with Crippen LogP contribution in [0.4, 0.5) is 11.5 Å². The number of piperidine rings is 1. The minimum Gasteiger partial charge on any atom is -0.394 e. The predicted octanol–water partition coefficient (Wildman–Crippen LogP) is 2.16. The van der Waals surface area contributed by atoms with Gasteiger partial charge in [0.15, 0.2) is 5.82 Å². The lowest BCUT2D eigenvalue weighted by Gasteiger charge is -2.29. The predicted molar refractivity (Wildman–Crippen MR) is 79.5 cm³/mol. The molecule has 0 aliphatic carbocycles. The highest BCUT2D eigenvalue weighted by atomic mass is 35.5. The lowest BCUT2D eigenvalue weighted by atomic mass is 9.94. The molecule has 2 rings (SSSR count). The molecular formula is C13H22ClN5. The fourth-order valence-electron chi connectivity index (χ4n) is 2.43. The molecule has 5 nitrogen and oxygen atoms in total. The molecule has 3 N–H and O–H groups in total. The van der Waals surface area contributed by atoms with Crippen LogP contribution in [0, 0.1) is 12.8 Å². The Kier molecular flexibility index (Phi) is 4.82. The maximum Gasteiger partial charge on any atom is 0.224 e. The highest BCUT2D eigenvalue weighted by molar-refractivity contribution is 6.28. The van der Waals surface area contributed by atoms with Gasteiger partial charge in [0.25, 0.3) is 0 Å². The molecular weight excluding hydrogens is 262 g/mol. The number of halogens is 1. The van der Waals surface area contributed by atoms with E-state index in [-0.39, 0.29) is 5.28 Å². The number of hydrogen-bond donors (Lipinski definition) is 2. The van der Waals surface area contributed by atoms with Gasteiger partial charge in [0.2, 0.25) is 5.28 Å². The zero-order valence-electron chi connectivity index (χ0n) is 11.6. The SMILES string of the molecule is Cc1nc(Cl)nc(NCCC2CCN(C)CC2)c1N. The van der Waals surface area contributed by atoms with Crippen LogP contribution in [-0.4, -0.2) is 41.5 Å². The summed E-state index contributed by atoms with van der Waals surface area (Å²) in [6.07, 6.45) is 3.70. The van der Waals surface area contributed by atoms with Crippen LogP contribution < -0.4 is 11.1 Å².